The summed E-state index contributed by atoms with van der Waals surface area (Å²) in [6, 6.07) is 15.9. The van der Waals surface area contributed by atoms with Gasteiger partial charge in [-0.15, -0.1) is 24.0 Å². The number of guanidine groups is 1. The summed E-state index contributed by atoms with van der Waals surface area (Å²) < 4.78 is 2.09. The van der Waals surface area contributed by atoms with Gasteiger partial charge < -0.3 is 15.2 Å². The Hall–Kier alpha value is -1.80. The normalized spacial score (nSPS) is 11.2. The van der Waals surface area contributed by atoms with E-state index in [1.54, 1.807) is 7.05 Å². The minimum Gasteiger partial charge on any atom is -0.352 e. The van der Waals surface area contributed by atoms with Gasteiger partial charge in [-0.2, -0.15) is 0 Å². The third-order valence-electron chi connectivity index (χ3n) is 3.92. The van der Waals surface area contributed by atoms with Gasteiger partial charge in [0.1, 0.15) is 5.82 Å². The van der Waals surface area contributed by atoms with Crippen LogP contribution in [0.15, 0.2) is 53.5 Å². The number of benzene rings is 2. The molecule has 5 nitrogen and oxygen atoms in total. The van der Waals surface area contributed by atoms with Crippen molar-refractivity contribution in [3.05, 3.63) is 64.9 Å². The third-order valence-corrected chi connectivity index (χ3v) is 4.29. The highest BCUT2D eigenvalue weighted by Crippen LogP contribution is 2.15. The molecule has 25 heavy (non-hydrogen) atoms. The van der Waals surface area contributed by atoms with Crippen LogP contribution in [0.5, 0.6) is 0 Å². The molecule has 2 N–H and O–H groups in total. The van der Waals surface area contributed by atoms with Crippen molar-refractivity contribution in [1.29, 1.82) is 0 Å². The lowest BCUT2D eigenvalue weighted by atomic mass is 10.2. The number of aryl methyl sites for hydroxylation is 1. The Morgan fingerprint density at radius 3 is 2.48 bits per heavy atom. The van der Waals surface area contributed by atoms with Gasteiger partial charge in [-0.3, -0.25) is 4.99 Å². The molecule has 3 aromatic rings. The number of aliphatic imine (C=N–C) groups is 1. The number of imidazole rings is 1. The standard InChI is InChI=1S/C18H20ClN5.HI/c1-20-18(21-11-13-7-3-4-8-14(13)19)22-12-17-23-15-9-5-6-10-16(15)24(17)2;/h3-10H,11-12H2,1-2H3,(H2,20,21,22);1H. The Labute approximate surface area is 169 Å². The molecule has 2 aromatic carbocycles. The first-order chi connectivity index (χ1) is 11.7. The number of aromatic nitrogens is 2. The maximum absolute atomic E-state index is 6.18. The van der Waals surface area contributed by atoms with Crippen LogP contribution >= 0.6 is 35.6 Å². The Morgan fingerprint density at radius 2 is 1.76 bits per heavy atom. The Morgan fingerprint density at radius 1 is 1.08 bits per heavy atom. The highest BCUT2D eigenvalue weighted by Gasteiger charge is 2.08. The van der Waals surface area contributed by atoms with Gasteiger partial charge in [-0.1, -0.05) is 41.9 Å². The van der Waals surface area contributed by atoms with E-state index >= 15 is 0 Å². The van der Waals surface area contributed by atoms with Crippen LogP contribution in [0.4, 0.5) is 0 Å². The molecule has 1 aromatic heterocycles. The number of halogens is 2. The first-order valence-corrected chi connectivity index (χ1v) is 8.15. The van der Waals surface area contributed by atoms with Crippen molar-refractivity contribution >= 4 is 52.6 Å². The largest absolute Gasteiger partial charge is 0.352 e. The highest BCUT2D eigenvalue weighted by atomic mass is 127. The van der Waals surface area contributed by atoms with E-state index in [4.69, 9.17) is 11.6 Å². The van der Waals surface area contributed by atoms with Gasteiger partial charge in [0.05, 0.1) is 17.6 Å². The van der Waals surface area contributed by atoms with Crippen LogP contribution in [0.1, 0.15) is 11.4 Å². The molecule has 0 radical (unpaired) electrons. The zero-order valence-electron chi connectivity index (χ0n) is 14.2. The van der Waals surface area contributed by atoms with Gasteiger partial charge in [0, 0.05) is 25.7 Å². The second-order valence-corrected chi connectivity index (χ2v) is 5.85. The lowest BCUT2D eigenvalue weighted by molar-refractivity contribution is 0.736. The van der Waals surface area contributed by atoms with E-state index in [2.05, 4.69) is 31.2 Å². The summed E-state index contributed by atoms with van der Waals surface area (Å²) in [5, 5.41) is 7.30. The molecule has 0 amide bonds. The number of nitrogens with one attached hydrogen (secondary N) is 2. The fourth-order valence-electron chi connectivity index (χ4n) is 2.56. The molecule has 0 saturated heterocycles. The van der Waals surface area contributed by atoms with E-state index in [0.717, 1.165) is 27.4 Å². The summed E-state index contributed by atoms with van der Waals surface area (Å²) in [6.07, 6.45) is 0. The molecular weight excluding hydrogens is 449 g/mol. The van der Waals surface area contributed by atoms with Gasteiger partial charge in [-0.25, -0.2) is 4.98 Å². The van der Waals surface area contributed by atoms with Crippen molar-refractivity contribution < 1.29 is 0 Å². The number of para-hydroxylation sites is 2. The number of rotatable bonds is 4. The van der Waals surface area contributed by atoms with E-state index in [1.165, 1.54) is 0 Å². The van der Waals surface area contributed by atoms with Gasteiger partial charge in [0.15, 0.2) is 5.96 Å². The number of hydrogen-bond acceptors (Lipinski definition) is 2. The van der Waals surface area contributed by atoms with E-state index in [1.807, 2.05) is 49.5 Å². The fourth-order valence-corrected chi connectivity index (χ4v) is 2.76. The molecule has 0 aliphatic rings. The number of hydrogen-bond donors (Lipinski definition) is 2. The maximum atomic E-state index is 6.18. The second kappa shape index (κ2) is 9.05. The van der Waals surface area contributed by atoms with E-state index in [9.17, 15) is 0 Å². The van der Waals surface area contributed by atoms with Crippen LogP contribution in [0.2, 0.25) is 5.02 Å². The molecule has 0 unspecified atom stereocenters. The summed E-state index contributed by atoms with van der Waals surface area (Å²) in [5.41, 5.74) is 3.15. The monoisotopic (exact) mass is 469 g/mol. The predicted molar refractivity (Wildman–Crippen MR) is 115 cm³/mol. The number of fused-ring (bicyclic) bond motifs is 1. The lowest BCUT2D eigenvalue weighted by Gasteiger charge is -2.12. The molecule has 0 atom stereocenters. The zero-order chi connectivity index (χ0) is 16.9. The summed E-state index contributed by atoms with van der Waals surface area (Å²) in [7, 11) is 3.77. The van der Waals surface area contributed by atoms with E-state index < -0.39 is 0 Å². The van der Waals surface area contributed by atoms with Crippen molar-refractivity contribution in [3.63, 3.8) is 0 Å². The third kappa shape index (κ3) is 4.64. The van der Waals surface area contributed by atoms with E-state index in [0.29, 0.717) is 19.0 Å². The van der Waals surface area contributed by atoms with Gasteiger partial charge in [0.2, 0.25) is 0 Å². The summed E-state index contributed by atoms with van der Waals surface area (Å²) in [6.45, 7) is 1.20. The Bertz CT molecular complexity index is 875. The maximum Gasteiger partial charge on any atom is 0.191 e. The Balaban J connectivity index is 0.00000225. The molecule has 0 aliphatic carbocycles. The van der Waals surface area contributed by atoms with Crippen LogP contribution in [-0.4, -0.2) is 22.6 Å². The summed E-state index contributed by atoms with van der Waals surface area (Å²) in [4.78, 5) is 8.89. The van der Waals surface area contributed by atoms with Crippen LogP contribution < -0.4 is 10.6 Å². The number of nitrogens with zero attached hydrogens (tertiary/aromatic N) is 3. The predicted octanol–water partition coefficient (Wildman–Crippen LogP) is 3.71. The molecular formula is C18H21ClIN5. The van der Waals surface area contributed by atoms with Crippen LogP contribution in [0.3, 0.4) is 0 Å². The van der Waals surface area contributed by atoms with Crippen LogP contribution in [0, 0.1) is 0 Å². The molecule has 0 spiro atoms. The van der Waals surface area contributed by atoms with Gasteiger partial charge in [0.25, 0.3) is 0 Å². The van der Waals surface area contributed by atoms with Crippen molar-refractivity contribution in [2.45, 2.75) is 13.1 Å². The Kier molecular flexibility index (Phi) is 7.07. The van der Waals surface area contributed by atoms with E-state index in [-0.39, 0.29) is 24.0 Å². The van der Waals surface area contributed by atoms with Crippen molar-refractivity contribution in [2.24, 2.45) is 12.0 Å². The summed E-state index contributed by atoms with van der Waals surface area (Å²) in [5.74, 6) is 1.67. The molecule has 0 bridgehead atoms. The van der Waals surface area contributed by atoms with Crippen LogP contribution in [-0.2, 0) is 20.1 Å². The van der Waals surface area contributed by atoms with Crippen molar-refractivity contribution in [2.75, 3.05) is 7.05 Å². The van der Waals surface area contributed by atoms with Crippen molar-refractivity contribution in [3.8, 4) is 0 Å². The molecule has 132 valence electrons. The molecule has 0 saturated carbocycles. The minimum absolute atomic E-state index is 0. The van der Waals surface area contributed by atoms with Crippen molar-refractivity contribution in [1.82, 2.24) is 20.2 Å². The molecule has 0 aliphatic heterocycles. The lowest BCUT2D eigenvalue weighted by Crippen LogP contribution is -2.36. The first-order valence-electron chi connectivity index (χ1n) is 7.77. The molecule has 7 heteroatoms. The molecule has 0 fully saturated rings. The fraction of sp³-hybridized carbons (Fsp3) is 0.222. The average molecular weight is 470 g/mol. The molecule has 1 heterocycles. The molecule has 3 rings (SSSR count). The average Bonchev–Trinajstić information content (AvgIpc) is 2.93. The SMILES string of the molecule is CN=C(NCc1ccccc1Cl)NCc1nc2ccccc2n1C.I. The van der Waals surface area contributed by atoms with Crippen LogP contribution in [0.25, 0.3) is 11.0 Å². The highest BCUT2D eigenvalue weighted by molar-refractivity contribution is 14.0. The summed E-state index contributed by atoms with van der Waals surface area (Å²) >= 11 is 6.18. The smallest absolute Gasteiger partial charge is 0.191 e. The zero-order valence-corrected chi connectivity index (χ0v) is 17.2. The second-order valence-electron chi connectivity index (χ2n) is 5.45. The van der Waals surface area contributed by atoms with Gasteiger partial charge in [-0.05, 0) is 23.8 Å². The quantitative estimate of drug-likeness (QED) is 0.348. The minimum atomic E-state index is 0. The first kappa shape index (κ1) is 19.5. The topological polar surface area (TPSA) is 54.2 Å². The van der Waals surface area contributed by atoms with Gasteiger partial charge >= 0.3 is 0 Å².